The van der Waals surface area contributed by atoms with Crippen molar-refractivity contribution in [2.75, 3.05) is 7.05 Å². The van der Waals surface area contributed by atoms with Crippen LogP contribution in [0.15, 0.2) is 42.5 Å². The van der Waals surface area contributed by atoms with Crippen molar-refractivity contribution in [3.05, 3.63) is 76.6 Å². The lowest BCUT2D eigenvalue weighted by Gasteiger charge is -2.16. The van der Waals surface area contributed by atoms with E-state index in [2.05, 4.69) is 10.3 Å². The third-order valence-electron chi connectivity index (χ3n) is 4.13. The summed E-state index contributed by atoms with van der Waals surface area (Å²) in [5, 5.41) is 8.06. The summed E-state index contributed by atoms with van der Waals surface area (Å²) in [4.78, 5) is 14.1. The van der Waals surface area contributed by atoms with Gasteiger partial charge >= 0.3 is 0 Å². The van der Waals surface area contributed by atoms with Gasteiger partial charge in [0.2, 0.25) is 0 Å². The first-order valence-electron chi connectivity index (χ1n) is 8.05. The van der Waals surface area contributed by atoms with Gasteiger partial charge in [-0.3, -0.25) is 4.79 Å². The monoisotopic (exact) mass is 356 g/mol. The predicted molar refractivity (Wildman–Crippen MR) is 93.0 cm³/mol. The zero-order valence-electron chi connectivity index (χ0n) is 14.7. The summed E-state index contributed by atoms with van der Waals surface area (Å²) in [6, 6.07) is 11.3. The first kappa shape index (κ1) is 17.7. The molecule has 1 aromatic heterocycles. The summed E-state index contributed by atoms with van der Waals surface area (Å²) >= 11 is 0. The average molecular weight is 356 g/mol. The maximum absolute atomic E-state index is 13.3. The topological polar surface area (TPSA) is 51.0 Å². The van der Waals surface area contributed by atoms with Crippen LogP contribution in [0, 0.1) is 25.5 Å². The number of rotatable bonds is 4. The molecular formula is C19H18F2N4O. The highest BCUT2D eigenvalue weighted by Gasteiger charge is 2.21. The smallest absolute Gasteiger partial charge is 0.276 e. The predicted octanol–water partition coefficient (Wildman–Crippen LogP) is 3.43. The first-order valence-corrected chi connectivity index (χ1v) is 8.05. The fourth-order valence-corrected chi connectivity index (χ4v) is 2.62. The second-order valence-corrected chi connectivity index (χ2v) is 6.18. The van der Waals surface area contributed by atoms with Crippen LogP contribution in [-0.2, 0) is 6.54 Å². The SMILES string of the molecule is Cc1ccc(-n2nnc(C(=O)N(C)Cc3ccc(F)c(F)c3)c2C)cc1. The molecule has 0 aliphatic heterocycles. The van der Waals surface area contributed by atoms with Crippen LogP contribution in [-0.4, -0.2) is 32.8 Å². The Morgan fingerprint density at radius 3 is 2.42 bits per heavy atom. The number of nitrogens with zero attached hydrogens (tertiary/aromatic N) is 4. The van der Waals surface area contributed by atoms with Gasteiger partial charge in [0.15, 0.2) is 17.3 Å². The van der Waals surface area contributed by atoms with Gasteiger partial charge in [0.05, 0.1) is 11.4 Å². The molecule has 0 aliphatic rings. The van der Waals surface area contributed by atoms with Crippen molar-refractivity contribution in [3.8, 4) is 5.69 Å². The van der Waals surface area contributed by atoms with Crippen molar-refractivity contribution < 1.29 is 13.6 Å². The van der Waals surface area contributed by atoms with Gasteiger partial charge in [-0.15, -0.1) is 5.10 Å². The van der Waals surface area contributed by atoms with Crippen LogP contribution >= 0.6 is 0 Å². The summed E-state index contributed by atoms with van der Waals surface area (Å²) in [5.74, 6) is -2.20. The number of aromatic nitrogens is 3. The molecule has 134 valence electrons. The number of hydrogen-bond donors (Lipinski definition) is 0. The third-order valence-corrected chi connectivity index (χ3v) is 4.13. The zero-order chi connectivity index (χ0) is 18.8. The number of aryl methyl sites for hydroxylation is 1. The molecule has 0 radical (unpaired) electrons. The van der Waals surface area contributed by atoms with Gasteiger partial charge in [-0.2, -0.15) is 0 Å². The van der Waals surface area contributed by atoms with E-state index in [1.807, 2.05) is 31.2 Å². The molecule has 1 amide bonds. The van der Waals surface area contributed by atoms with Crippen LogP contribution in [0.3, 0.4) is 0 Å². The third kappa shape index (κ3) is 3.46. The maximum atomic E-state index is 13.3. The highest BCUT2D eigenvalue weighted by molar-refractivity contribution is 5.93. The quantitative estimate of drug-likeness (QED) is 0.720. The Bertz CT molecular complexity index is 951. The molecule has 5 nitrogen and oxygen atoms in total. The molecule has 0 aliphatic carbocycles. The van der Waals surface area contributed by atoms with Crippen molar-refractivity contribution in [1.29, 1.82) is 0 Å². The van der Waals surface area contributed by atoms with Crippen LogP contribution in [0.4, 0.5) is 8.78 Å². The van der Waals surface area contributed by atoms with E-state index >= 15 is 0 Å². The molecule has 1 heterocycles. The number of amides is 1. The summed E-state index contributed by atoms with van der Waals surface area (Å²) in [6.45, 7) is 3.88. The number of carbonyl (C=O) groups is 1. The second-order valence-electron chi connectivity index (χ2n) is 6.18. The molecule has 0 saturated carbocycles. The molecular weight excluding hydrogens is 338 g/mol. The van der Waals surface area contributed by atoms with Crippen molar-refractivity contribution >= 4 is 5.91 Å². The number of halogens is 2. The minimum atomic E-state index is -0.940. The molecule has 0 unspecified atom stereocenters. The molecule has 0 saturated heterocycles. The van der Waals surface area contributed by atoms with Crippen LogP contribution in [0.1, 0.15) is 27.3 Å². The standard InChI is InChI=1S/C19H18F2N4O/c1-12-4-7-15(8-5-12)25-13(2)18(22-23-25)19(26)24(3)11-14-6-9-16(20)17(21)10-14/h4-10H,11H2,1-3H3. The van der Waals surface area contributed by atoms with Crippen LogP contribution in [0.25, 0.3) is 5.69 Å². The average Bonchev–Trinajstić information content (AvgIpc) is 2.99. The highest BCUT2D eigenvalue weighted by Crippen LogP contribution is 2.16. The van der Waals surface area contributed by atoms with Crippen LogP contribution in [0.2, 0.25) is 0 Å². The molecule has 26 heavy (non-hydrogen) atoms. The van der Waals surface area contributed by atoms with E-state index in [9.17, 15) is 13.6 Å². The lowest BCUT2D eigenvalue weighted by atomic mass is 10.2. The molecule has 0 bridgehead atoms. The number of benzene rings is 2. The molecule has 2 aromatic carbocycles. The minimum absolute atomic E-state index is 0.132. The molecule has 0 spiro atoms. The van der Waals surface area contributed by atoms with E-state index in [1.165, 1.54) is 11.0 Å². The zero-order valence-corrected chi connectivity index (χ0v) is 14.7. The normalized spacial score (nSPS) is 10.8. The fourth-order valence-electron chi connectivity index (χ4n) is 2.62. The second kappa shape index (κ2) is 7.03. The van der Waals surface area contributed by atoms with E-state index in [0.717, 1.165) is 23.4 Å². The van der Waals surface area contributed by atoms with Gasteiger partial charge in [-0.25, -0.2) is 13.5 Å². The van der Waals surface area contributed by atoms with Crippen molar-refractivity contribution in [3.63, 3.8) is 0 Å². The van der Waals surface area contributed by atoms with Crippen LogP contribution in [0.5, 0.6) is 0 Å². The summed E-state index contributed by atoms with van der Waals surface area (Å²) in [6.07, 6.45) is 0. The lowest BCUT2D eigenvalue weighted by molar-refractivity contribution is 0.0778. The molecule has 0 atom stereocenters. The molecule has 3 aromatic rings. The summed E-state index contributed by atoms with van der Waals surface area (Å²) in [5.41, 5.74) is 3.24. The van der Waals surface area contributed by atoms with Crippen LogP contribution < -0.4 is 0 Å². The Morgan fingerprint density at radius 2 is 1.77 bits per heavy atom. The van der Waals surface area contributed by atoms with Gasteiger partial charge in [-0.05, 0) is 43.7 Å². The van der Waals surface area contributed by atoms with E-state index in [0.29, 0.717) is 11.3 Å². The Labute approximate surface area is 149 Å². The molecule has 7 heteroatoms. The number of hydrogen-bond acceptors (Lipinski definition) is 3. The summed E-state index contributed by atoms with van der Waals surface area (Å²) < 4.78 is 28.0. The molecule has 0 fully saturated rings. The van der Waals surface area contributed by atoms with Crippen molar-refractivity contribution in [2.24, 2.45) is 0 Å². The van der Waals surface area contributed by atoms with Gasteiger partial charge < -0.3 is 4.90 Å². The van der Waals surface area contributed by atoms with E-state index in [4.69, 9.17) is 0 Å². The fraction of sp³-hybridized carbons (Fsp3) is 0.211. The number of carbonyl (C=O) groups excluding carboxylic acids is 1. The highest BCUT2D eigenvalue weighted by atomic mass is 19.2. The van der Waals surface area contributed by atoms with Gasteiger partial charge in [-0.1, -0.05) is 29.0 Å². The minimum Gasteiger partial charge on any atom is -0.336 e. The molecule has 0 N–H and O–H groups in total. The van der Waals surface area contributed by atoms with E-state index < -0.39 is 11.6 Å². The maximum Gasteiger partial charge on any atom is 0.276 e. The molecule has 3 rings (SSSR count). The van der Waals surface area contributed by atoms with Gasteiger partial charge in [0.1, 0.15) is 0 Å². The van der Waals surface area contributed by atoms with Crippen molar-refractivity contribution in [1.82, 2.24) is 19.9 Å². The lowest BCUT2D eigenvalue weighted by Crippen LogP contribution is -2.27. The van der Waals surface area contributed by atoms with E-state index in [-0.39, 0.29) is 18.1 Å². The largest absolute Gasteiger partial charge is 0.336 e. The van der Waals surface area contributed by atoms with Crippen molar-refractivity contribution in [2.45, 2.75) is 20.4 Å². The van der Waals surface area contributed by atoms with E-state index in [1.54, 1.807) is 18.7 Å². The Morgan fingerprint density at radius 1 is 1.08 bits per heavy atom. The Kier molecular flexibility index (Phi) is 4.79. The Hall–Kier alpha value is -3.09. The van der Waals surface area contributed by atoms with Gasteiger partial charge in [0.25, 0.3) is 5.91 Å². The summed E-state index contributed by atoms with van der Waals surface area (Å²) in [7, 11) is 1.58. The Balaban J connectivity index is 1.81. The first-order chi connectivity index (χ1) is 12.4. The van der Waals surface area contributed by atoms with Gasteiger partial charge in [0, 0.05) is 13.6 Å².